The second kappa shape index (κ2) is 9.99. The predicted molar refractivity (Wildman–Crippen MR) is 40.8 cm³/mol. The molecule has 71 valence electrons. The van der Waals surface area contributed by atoms with Crippen LogP contribution in [0.15, 0.2) is 0 Å². The number of carbonyl (C=O) groups is 1. The van der Waals surface area contributed by atoms with Crippen molar-refractivity contribution >= 4 is 5.97 Å². The van der Waals surface area contributed by atoms with E-state index >= 15 is 0 Å². The van der Waals surface area contributed by atoms with Crippen molar-refractivity contribution in [1.29, 1.82) is 0 Å². The molecule has 0 bridgehead atoms. The van der Waals surface area contributed by atoms with Crippen molar-refractivity contribution in [3.8, 4) is 0 Å². The maximum atomic E-state index is 10.7. The Morgan fingerprint density at radius 2 is 1.91 bits per heavy atom. The Balaban J connectivity index is 0. The van der Waals surface area contributed by atoms with Gasteiger partial charge in [-0.15, -0.1) is 0 Å². The van der Waals surface area contributed by atoms with Gasteiger partial charge in [-0.25, -0.2) is 0 Å². The molecule has 0 aliphatic rings. The molecule has 0 unspecified atom stereocenters. The Kier molecular flexibility index (Phi) is 12.3. The molecule has 2 nitrogen and oxygen atoms in total. The summed E-state index contributed by atoms with van der Waals surface area (Å²) in [7, 11) is 0. The van der Waals surface area contributed by atoms with E-state index in [9.17, 15) is 4.79 Å². The summed E-state index contributed by atoms with van der Waals surface area (Å²) >= 11 is 0. The number of esters is 1. The Hall–Kier alpha value is -0.0105. The van der Waals surface area contributed by atoms with Gasteiger partial charge >= 0.3 is 5.97 Å². The average Bonchev–Trinajstić information content (AvgIpc) is 1.89. The quantitative estimate of drug-likeness (QED) is 0.392. The summed E-state index contributed by atoms with van der Waals surface area (Å²) in [5.74, 6) is -0.0593. The Bertz CT molecular complexity index is 94.1. The van der Waals surface area contributed by atoms with Crippen LogP contribution in [0, 0.1) is 0 Å². The van der Waals surface area contributed by atoms with Crippen molar-refractivity contribution in [2.24, 2.45) is 0 Å². The van der Waals surface area contributed by atoms with Gasteiger partial charge in [0.15, 0.2) is 0 Å². The molecule has 1 radical (unpaired) electrons. The number of unbranched alkanes of at least 4 members (excludes halogenated alkanes) is 2. The van der Waals surface area contributed by atoms with Crippen LogP contribution in [-0.2, 0) is 26.6 Å². The fraction of sp³-hybridized carbons (Fsp3) is 0.875. The van der Waals surface area contributed by atoms with E-state index in [0.717, 1.165) is 19.3 Å². The zero-order valence-electron chi connectivity index (χ0n) is 7.15. The second-order valence-electron chi connectivity index (χ2n) is 2.26. The van der Waals surface area contributed by atoms with Crippen molar-refractivity contribution in [2.75, 3.05) is 6.61 Å². The number of ether oxygens (including phenoxy) is 1. The van der Waals surface area contributed by atoms with Crippen LogP contribution in [0.25, 0.3) is 0 Å². The molecule has 0 amide bonds. The van der Waals surface area contributed by atoms with Gasteiger partial charge in [0.05, 0.1) is 6.61 Å². The van der Waals surface area contributed by atoms with Crippen molar-refractivity contribution in [3.63, 3.8) is 0 Å². The van der Waals surface area contributed by atoms with Crippen LogP contribution in [0.2, 0.25) is 0 Å². The van der Waals surface area contributed by atoms with Gasteiger partial charge in [-0.05, 0) is 13.3 Å². The molecule has 0 saturated heterocycles. The van der Waals surface area contributed by atoms with Crippen LogP contribution < -0.4 is 0 Å². The predicted octanol–water partition coefficient (Wildman–Crippen LogP) is 2.13. The molecular formula is C8H16CuO2. The Labute approximate surface area is 79.2 Å². The molecule has 0 aromatic carbocycles. The fourth-order valence-corrected chi connectivity index (χ4v) is 0.752. The minimum absolute atomic E-state index is 0. The molecule has 11 heavy (non-hydrogen) atoms. The standard InChI is InChI=1S/C8H16O2.Cu/c1-3-5-6-7-8(9)10-4-2;/h3-7H2,1-2H3;. The molecule has 0 spiro atoms. The van der Waals surface area contributed by atoms with Gasteiger partial charge in [0, 0.05) is 23.5 Å². The van der Waals surface area contributed by atoms with E-state index in [-0.39, 0.29) is 23.0 Å². The van der Waals surface area contributed by atoms with Gasteiger partial charge in [-0.1, -0.05) is 19.8 Å². The Morgan fingerprint density at radius 3 is 2.36 bits per heavy atom. The van der Waals surface area contributed by atoms with Crippen molar-refractivity contribution in [1.82, 2.24) is 0 Å². The average molecular weight is 208 g/mol. The van der Waals surface area contributed by atoms with Crippen LogP contribution in [0.4, 0.5) is 0 Å². The summed E-state index contributed by atoms with van der Waals surface area (Å²) in [5.41, 5.74) is 0. The third-order valence-corrected chi connectivity index (χ3v) is 1.29. The summed E-state index contributed by atoms with van der Waals surface area (Å²) in [6.07, 6.45) is 3.83. The molecule has 0 heterocycles. The first kappa shape index (κ1) is 13.6. The van der Waals surface area contributed by atoms with Gasteiger partial charge in [0.2, 0.25) is 0 Å². The molecule has 0 aromatic heterocycles. The molecule has 0 aliphatic heterocycles. The molecule has 0 saturated carbocycles. The summed E-state index contributed by atoms with van der Waals surface area (Å²) in [6.45, 7) is 4.45. The molecular weight excluding hydrogens is 192 g/mol. The van der Waals surface area contributed by atoms with E-state index in [0.29, 0.717) is 13.0 Å². The fourth-order valence-electron chi connectivity index (χ4n) is 0.752. The SMILES string of the molecule is CCCCCC(=O)OCC.[Cu]. The smallest absolute Gasteiger partial charge is 0.305 e. The summed E-state index contributed by atoms with van der Waals surface area (Å²) < 4.78 is 4.75. The first-order valence-corrected chi connectivity index (χ1v) is 3.96. The summed E-state index contributed by atoms with van der Waals surface area (Å²) in [5, 5.41) is 0. The normalized spacial score (nSPS) is 8.55. The van der Waals surface area contributed by atoms with Crippen LogP contribution in [0.5, 0.6) is 0 Å². The molecule has 0 rings (SSSR count). The maximum Gasteiger partial charge on any atom is 0.305 e. The maximum absolute atomic E-state index is 10.7. The molecule has 0 aliphatic carbocycles. The third-order valence-electron chi connectivity index (χ3n) is 1.29. The van der Waals surface area contributed by atoms with Crippen LogP contribution >= 0.6 is 0 Å². The number of hydrogen-bond donors (Lipinski definition) is 0. The van der Waals surface area contributed by atoms with E-state index < -0.39 is 0 Å². The molecule has 0 aromatic rings. The number of rotatable bonds is 5. The first-order valence-electron chi connectivity index (χ1n) is 3.96. The molecule has 0 N–H and O–H groups in total. The van der Waals surface area contributed by atoms with Crippen molar-refractivity contribution < 1.29 is 26.6 Å². The minimum atomic E-state index is -0.0593. The second-order valence-corrected chi connectivity index (χ2v) is 2.26. The van der Waals surface area contributed by atoms with Gasteiger partial charge < -0.3 is 4.74 Å². The van der Waals surface area contributed by atoms with Crippen LogP contribution in [0.3, 0.4) is 0 Å². The van der Waals surface area contributed by atoms with E-state index in [1.807, 2.05) is 6.92 Å². The first-order chi connectivity index (χ1) is 4.81. The van der Waals surface area contributed by atoms with E-state index in [4.69, 9.17) is 4.74 Å². The van der Waals surface area contributed by atoms with Crippen molar-refractivity contribution in [3.05, 3.63) is 0 Å². The van der Waals surface area contributed by atoms with Gasteiger partial charge in [0.1, 0.15) is 0 Å². The zero-order chi connectivity index (χ0) is 7.82. The Morgan fingerprint density at radius 1 is 1.27 bits per heavy atom. The number of hydrogen-bond acceptors (Lipinski definition) is 2. The molecule has 0 fully saturated rings. The van der Waals surface area contributed by atoms with Crippen LogP contribution in [0.1, 0.15) is 39.5 Å². The molecule has 0 atom stereocenters. The van der Waals surface area contributed by atoms with Gasteiger partial charge in [0.25, 0.3) is 0 Å². The minimum Gasteiger partial charge on any atom is -0.466 e. The number of carbonyl (C=O) groups excluding carboxylic acids is 1. The monoisotopic (exact) mass is 207 g/mol. The summed E-state index contributed by atoms with van der Waals surface area (Å²) in [6, 6.07) is 0. The van der Waals surface area contributed by atoms with Gasteiger partial charge in [-0.2, -0.15) is 0 Å². The topological polar surface area (TPSA) is 26.3 Å². The van der Waals surface area contributed by atoms with Gasteiger partial charge in [-0.3, -0.25) is 4.79 Å². The largest absolute Gasteiger partial charge is 0.466 e. The zero-order valence-corrected chi connectivity index (χ0v) is 8.10. The van der Waals surface area contributed by atoms with E-state index in [1.165, 1.54) is 0 Å². The van der Waals surface area contributed by atoms with E-state index in [2.05, 4.69) is 6.92 Å². The van der Waals surface area contributed by atoms with Crippen LogP contribution in [-0.4, -0.2) is 12.6 Å². The van der Waals surface area contributed by atoms with Crippen molar-refractivity contribution in [2.45, 2.75) is 39.5 Å². The third kappa shape index (κ3) is 9.99. The van der Waals surface area contributed by atoms with E-state index in [1.54, 1.807) is 0 Å². The summed E-state index contributed by atoms with van der Waals surface area (Å²) in [4.78, 5) is 10.7. The molecule has 3 heteroatoms.